The van der Waals surface area contributed by atoms with Gasteiger partial charge < -0.3 is 0 Å². The van der Waals surface area contributed by atoms with Crippen LogP contribution in [0.25, 0.3) is 0 Å². The van der Waals surface area contributed by atoms with E-state index < -0.39 is 0 Å². The lowest BCUT2D eigenvalue weighted by Crippen LogP contribution is -2.52. The van der Waals surface area contributed by atoms with Crippen LogP contribution in [0.2, 0.25) is 10.6 Å². The third-order valence-corrected chi connectivity index (χ3v) is 6.23. The Balaban J connectivity index is 1.87. The van der Waals surface area contributed by atoms with Crippen molar-refractivity contribution in [1.29, 1.82) is 0 Å². The molecule has 1 N–H and O–H groups in total. The molecule has 0 saturated carbocycles. The molecule has 1 radical (unpaired) electrons. The van der Waals surface area contributed by atoms with Crippen LogP contribution in [0, 0.1) is 11.8 Å². The molecule has 0 spiro atoms. The van der Waals surface area contributed by atoms with Gasteiger partial charge in [-0.1, -0.05) is 57.7 Å². The number of hydrogen-bond donors (Lipinski definition) is 1. The first-order valence-corrected chi connectivity index (χ1v) is 8.18. The molecule has 20 heavy (non-hydrogen) atoms. The van der Waals surface area contributed by atoms with Gasteiger partial charge in [-0.3, -0.25) is 14.9 Å². The van der Waals surface area contributed by atoms with Gasteiger partial charge in [0.25, 0.3) is 0 Å². The zero-order valence-electron chi connectivity index (χ0n) is 12.7. The minimum absolute atomic E-state index is 0.0149. The van der Waals surface area contributed by atoms with Crippen LogP contribution in [0.4, 0.5) is 0 Å². The third kappa shape index (κ3) is 2.12. The molecule has 4 heteroatoms. The summed E-state index contributed by atoms with van der Waals surface area (Å²) in [5.74, 6) is 0.568. The van der Waals surface area contributed by atoms with Gasteiger partial charge in [-0.25, -0.2) is 0 Å². The average molecular weight is 274 g/mol. The topological polar surface area (TPSA) is 46.2 Å². The number of fused-ring (bicyclic) bond motifs is 2. The minimum atomic E-state index is -0.0932. The summed E-state index contributed by atoms with van der Waals surface area (Å²) in [6, 6.07) is 0. The van der Waals surface area contributed by atoms with Crippen molar-refractivity contribution >= 4 is 19.1 Å². The lowest BCUT2D eigenvalue weighted by atomic mass is 9.25. The van der Waals surface area contributed by atoms with Crippen molar-refractivity contribution in [1.82, 2.24) is 5.32 Å². The summed E-state index contributed by atoms with van der Waals surface area (Å²) >= 11 is 0. The predicted octanol–water partition coefficient (Wildman–Crippen LogP) is 3.08. The van der Waals surface area contributed by atoms with Crippen LogP contribution in [0.3, 0.4) is 0 Å². The Hall–Kier alpha value is -0.795. The normalized spacial score (nSPS) is 41.2. The maximum atomic E-state index is 12.3. The molecule has 3 aliphatic rings. The number of hydrogen-bond acceptors (Lipinski definition) is 2. The van der Waals surface area contributed by atoms with Gasteiger partial charge in [-0.15, -0.1) is 0 Å². The van der Waals surface area contributed by atoms with E-state index in [1.807, 2.05) is 0 Å². The Morgan fingerprint density at radius 2 is 1.80 bits per heavy atom. The fourth-order valence-electron chi connectivity index (χ4n) is 5.04. The highest BCUT2D eigenvalue weighted by atomic mass is 16.2. The predicted molar refractivity (Wildman–Crippen MR) is 79.6 cm³/mol. The Morgan fingerprint density at radius 3 is 2.35 bits per heavy atom. The first kappa shape index (κ1) is 14.2. The number of carbonyl (C=O) groups excluding carboxylic acids is 2. The lowest BCUT2D eigenvalue weighted by Gasteiger charge is -2.56. The zero-order chi connectivity index (χ0) is 14.4. The summed E-state index contributed by atoms with van der Waals surface area (Å²) in [6.45, 7) is 4.64. The van der Waals surface area contributed by atoms with Crippen molar-refractivity contribution in [2.75, 3.05) is 0 Å². The Kier molecular flexibility index (Phi) is 3.46. The summed E-state index contributed by atoms with van der Waals surface area (Å²) in [6.07, 6.45) is 8.54. The van der Waals surface area contributed by atoms with E-state index in [0.717, 1.165) is 19.3 Å². The van der Waals surface area contributed by atoms with E-state index >= 15 is 0 Å². The average Bonchev–Trinajstić information content (AvgIpc) is 2.38. The van der Waals surface area contributed by atoms with Crippen LogP contribution in [-0.4, -0.2) is 19.1 Å². The van der Waals surface area contributed by atoms with E-state index in [9.17, 15) is 9.59 Å². The fraction of sp³-hybridized carbons (Fsp3) is 0.875. The molecule has 0 aromatic heterocycles. The number of amides is 2. The van der Waals surface area contributed by atoms with E-state index in [-0.39, 0.29) is 23.0 Å². The van der Waals surface area contributed by atoms with Crippen molar-refractivity contribution in [3.63, 3.8) is 0 Å². The van der Waals surface area contributed by atoms with Crippen molar-refractivity contribution in [3.8, 4) is 0 Å². The maximum Gasteiger partial charge on any atom is 0.229 e. The van der Waals surface area contributed by atoms with Gasteiger partial charge >= 0.3 is 0 Å². The van der Waals surface area contributed by atoms with Gasteiger partial charge in [0, 0.05) is 12.3 Å². The number of nitrogens with one attached hydrogen (secondary N) is 1. The smallest absolute Gasteiger partial charge is 0.229 e. The van der Waals surface area contributed by atoms with Crippen LogP contribution in [0.5, 0.6) is 0 Å². The Bertz CT molecular complexity index is 422. The molecule has 3 fully saturated rings. The van der Waals surface area contributed by atoms with Crippen molar-refractivity contribution in [2.24, 2.45) is 11.8 Å². The van der Waals surface area contributed by atoms with Gasteiger partial charge in [-0.05, 0) is 17.7 Å². The van der Waals surface area contributed by atoms with Crippen LogP contribution >= 0.6 is 0 Å². The summed E-state index contributed by atoms with van der Waals surface area (Å²) in [5, 5.41) is 2.96. The monoisotopic (exact) mass is 274 g/mol. The molecule has 1 unspecified atom stereocenters. The molecule has 0 aromatic carbocycles. The highest BCUT2D eigenvalue weighted by Crippen LogP contribution is 2.64. The van der Waals surface area contributed by atoms with Gasteiger partial charge in [0.05, 0.1) is 0 Å². The molecule has 2 amide bonds. The molecule has 2 bridgehead atoms. The van der Waals surface area contributed by atoms with Gasteiger partial charge in [0.2, 0.25) is 11.8 Å². The second-order valence-corrected chi connectivity index (χ2v) is 7.48. The van der Waals surface area contributed by atoms with Crippen LogP contribution in [0.1, 0.15) is 65.2 Å². The van der Waals surface area contributed by atoms with Crippen molar-refractivity contribution in [2.45, 2.75) is 75.8 Å². The quantitative estimate of drug-likeness (QED) is 0.621. The van der Waals surface area contributed by atoms with E-state index in [2.05, 4.69) is 26.4 Å². The van der Waals surface area contributed by atoms with Gasteiger partial charge in [0.1, 0.15) is 7.28 Å². The van der Waals surface area contributed by atoms with Crippen molar-refractivity contribution in [3.05, 3.63) is 0 Å². The molecule has 3 aliphatic heterocycles. The molecule has 1 atom stereocenters. The Labute approximate surface area is 122 Å². The molecule has 3 rings (SSSR count). The standard InChI is InChI=1S/C16H25BNO2/c1-11(2)15-7-3-9-16(17-15,10-4-8-15)12-5-6-13(19)18-14(12)20/h11-12H,3-10H2,1-2H3,(H,18,19,20). The summed E-state index contributed by atoms with van der Waals surface area (Å²) in [4.78, 5) is 23.7. The molecule has 3 nitrogen and oxygen atoms in total. The summed E-state index contributed by atoms with van der Waals surface area (Å²) in [5.41, 5.74) is 0. The number of rotatable bonds is 2. The Morgan fingerprint density at radius 1 is 1.15 bits per heavy atom. The maximum absolute atomic E-state index is 12.3. The van der Waals surface area contributed by atoms with Gasteiger partial charge in [0.15, 0.2) is 0 Å². The molecular formula is C16H25BNO2. The number of piperidine rings is 1. The van der Waals surface area contributed by atoms with E-state index in [1.54, 1.807) is 0 Å². The first-order chi connectivity index (χ1) is 9.47. The zero-order valence-corrected chi connectivity index (χ0v) is 12.7. The first-order valence-electron chi connectivity index (χ1n) is 8.18. The molecule has 3 heterocycles. The van der Waals surface area contributed by atoms with Crippen LogP contribution in [-0.2, 0) is 9.59 Å². The highest BCUT2D eigenvalue weighted by Gasteiger charge is 2.55. The molecule has 0 aromatic rings. The summed E-state index contributed by atoms with van der Waals surface area (Å²) < 4.78 is 0. The molecule has 0 aliphatic carbocycles. The van der Waals surface area contributed by atoms with E-state index in [1.165, 1.54) is 25.7 Å². The van der Waals surface area contributed by atoms with E-state index in [4.69, 9.17) is 0 Å². The highest BCUT2D eigenvalue weighted by molar-refractivity contribution is 6.46. The largest absolute Gasteiger partial charge is 0.296 e. The molecule has 109 valence electrons. The third-order valence-electron chi connectivity index (χ3n) is 6.23. The minimum Gasteiger partial charge on any atom is -0.296 e. The molecule has 3 saturated heterocycles. The van der Waals surface area contributed by atoms with Gasteiger partial charge in [-0.2, -0.15) is 0 Å². The second kappa shape index (κ2) is 4.89. The van der Waals surface area contributed by atoms with Crippen molar-refractivity contribution < 1.29 is 9.59 Å². The number of imide groups is 1. The second-order valence-electron chi connectivity index (χ2n) is 7.48. The summed E-state index contributed by atoms with van der Waals surface area (Å²) in [7, 11) is 2.57. The number of carbonyl (C=O) groups is 2. The van der Waals surface area contributed by atoms with E-state index in [0.29, 0.717) is 17.7 Å². The van der Waals surface area contributed by atoms with Crippen LogP contribution < -0.4 is 5.32 Å². The lowest BCUT2D eigenvalue weighted by molar-refractivity contribution is -0.137. The van der Waals surface area contributed by atoms with Crippen LogP contribution in [0.15, 0.2) is 0 Å². The SMILES string of the molecule is CC(C)C12[B]C(C3CCC(=O)NC3=O)(CCC1)CCC2. The molecular weight excluding hydrogens is 249 g/mol. The fourth-order valence-corrected chi connectivity index (χ4v) is 5.04.